The molecule has 0 aliphatic rings. The molecule has 7 nitrogen and oxygen atoms in total. The van der Waals surface area contributed by atoms with Gasteiger partial charge in [-0.05, 0) is 6.07 Å². The molecule has 0 saturated carbocycles. The fourth-order valence-corrected chi connectivity index (χ4v) is 1.54. The van der Waals surface area contributed by atoms with Crippen LogP contribution in [0.2, 0.25) is 5.02 Å². The smallest absolute Gasteiger partial charge is 0.275 e. The van der Waals surface area contributed by atoms with Gasteiger partial charge in [0, 0.05) is 24.5 Å². The van der Waals surface area contributed by atoms with E-state index < -0.39 is 10.8 Å². The van der Waals surface area contributed by atoms with E-state index in [1.165, 1.54) is 30.7 Å². The number of nitrogens with one attached hydrogen (secondary N) is 1. The number of aromatic nitrogens is 2. The summed E-state index contributed by atoms with van der Waals surface area (Å²) in [6, 6.07) is 3.76. The van der Waals surface area contributed by atoms with Gasteiger partial charge in [0.15, 0.2) is 0 Å². The van der Waals surface area contributed by atoms with Gasteiger partial charge in [-0.25, -0.2) is 4.98 Å². The van der Waals surface area contributed by atoms with Crippen molar-refractivity contribution in [1.82, 2.24) is 9.97 Å². The van der Waals surface area contributed by atoms with Crippen LogP contribution >= 0.6 is 11.6 Å². The Hall–Kier alpha value is -2.54. The number of nitrogens with zero attached hydrogens (tertiary/aromatic N) is 3. The van der Waals surface area contributed by atoms with Crippen LogP contribution < -0.4 is 5.32 Å². The molecule has 0 unspecified atom stereocenters. The summed E-state index contributed by atoms with van der Waals surface area (Å²) in [7, 11) is 0. The molecule has 0 saturated heterocycles. The van der Waals surface area contributed by atoms with Gasteiger partial charge in [0.05, 0.1) is 21.8 Å². The molecule has 0 aliphatic carbocycles. The number of amides is 1. The first-order chi connectivity index (χ1) is 9.08. The second-order valence-corrected chi connectivity index (χ2v) is 3.87. The number of nitro benzene ring substituents is 1. The summed E-state index contributed by atoms with van der Waals surface area (Å²) in [4.78, 5) is 29.3. The van der Waals surface area contributed by atoms with Gasteiger partial charge in [-0.3, -0.25) is 19.9 Å². The summed E-state index contributed by atoms with van der Waals surface area (Å²) in [5.41, 5.74) is 0.238. The Bertz CT molecular complexity index is 633. The number of carbonyl (C=O) groups excluding carboxylic acids is 1. The van der Waals surface area contributed by atoms with Gasteiger partial charge in [0.25, 0.3) is 11.6 Å². The molecule has 1 N–H and O–H groups in total. The van der Waals surface area contributed by atoms with Crippen LogP contribution in [0, 0.1) is 10.1 Å². The molecule has 1 amide bonds. The zero-order chi connectivity index (χ0) is 13.8. The van der Waals surface area contributed by atoms with E-state index in [9.17, 15) is 14.9 Å². The van der Waals surface area contributed by atoms with Crippen molar-refractivity contribution in [3.05, 3.63) is 57.6 Å². The SMILES string of the molecule is O=C(Nc1ccc([N+](=O)[O-])cc1Cl)c1cnccn1. The van der Waals surface area contributed by atoms with E-state index in [1.807, 2.05) is 0 Å². The molecule has 0 atom stereocenters. The molecule has 1 aromatic carbocycles. The molecular weight excluding hydrogens is 272 g/mol. The van der Waals surface area contributed by atoms with E-state index in [1.54, 1.807) is 0 Å². The lowest BCUT2D eigenvalue weighted by atomic mass is 10.2. The second-order valence-electron chi connectivity index (χ2n) is 3.47. The quantitative estimate of drug-likeness (QED) is 0.686. The highest BCUT2D eigenvalue weighted by Crippen LogP contribution is 2.26. The van der Waals surface area contributed by atoms with Crippen LogP contribution in [-0.4, -0.2) is 20.8 Å². The van der Waals surface area contributed by atoms with E-state index in [0.717, 1.165) is 6.07 Å². The van der Waals surface area contributed by atoms with E-state index in [4.69, 9.17) is 11.6 Å². The van der Waals surface area contributed by atoms with Crippen molar-refractivity contribution in [2.75, 3.05) is 5.32 Å². The van der Waals surface area contributed by atoms with Crippen LogP contribution in [0.5, 0.6) is 0 Å². The van der Waals surface area contributed by atoms with Gasteiger partial charge in [-0.15, -0.1) is 0 Å². The van der Waals surface area contributed by atoms with Crippen molar-refractivity contribution in [3.8, 4) is 0 Å². The predicted molar refractivity (Wildman–Crippen MR) is 68.1 cm³/mol. The van der Waals surface area contributed by atoms with Crippen molar-refractivity contribution in [1.29, 1.82) is 0 Å². The number of anilines is 1. The first kappa shape index (κ1) is 12.9. The van der Waals surface area contributed by atoms with Crippen LogP contribution in [-0.2, 0) is 0 Å². The maximum absolute atomic E-state index is 11.8. The Labute approximate surface area is 112 Å². The van der Waals surface area contributed by atoms with E-state index in [-0.39, 0.29) is 22.1 Å². The molecule has 0 spiro atoms. The first-order valence-corrected chi connectivity index (χ1v) is 5.47. The molecule has 0 aliphatic heterocycles. The fourth-order valence-electron chi connectivity index (χ4n) is 1.32. The topological polar surface area (TPSA) is 98.0 Å². The number of benzene rings is 1. The van der Waals surface area contributed by atoms with Gasteiger partial charge < -0.3 is 5.32 Å². The van der Waals surface area contributed by atoms with Gasteiger partial charge in [0.1, 0.15) is 5.69 Å². The second kappa shape index (κ2) is 5.40. The van der Waals surface area contributed by atoms with Crippen LogP contribution in [0.25, 0.3) is 0 Å². The largest absolute Gasteiger partial charge is 0.319 e. The number of rotatable bonds is 3. The van der Waals surface area contributed by atoms with E-state index in [2.05, 4.69) is 15.3 Å². The van der Waals surface area contributed by atoms with E-state index in [0.29, 0.717) is 0 Å². The summed E-state index contributed by atoms with van der Waals surface area (Å²) in [5, 5.41) is 13.1. The van der Waals surface area contributed by atoms with Crippen molar-refractivity contribution < 1.29 is 9.72 Å². The summed E-state index contributed by atoms with van der Waals surface area (Å²) in [5.74, 6) is -0.496. The lowest BCUT2D eigenvalue weighted by Gasteiger charge is -2.06. The van der Waals surface area contributed by atoms with Crippen LogP contribution in [0.3, 0.4) is 0 Å². The summed E-state index contributed by atoms with van der Waals surface area (Å²) in [6.07, 6.45) is 4.12. The Morgan fingerprint density at radius 1 is 1.37 bits per heavy atom. The molecule has 0 bridgehead atoms. The lowest BCUT2D eigenvalue weighted by Crippen LogP contribution is -2.14. The Morgan fingerprint density at radius 3 is 2.74 bits per heavy atom. The van der Waals surface area contributed by atoms with Crippen molar-refractivity contribution in [2.24, 2.45) is 0 Å². The maximum atomic E-state index is 11.8. The van der Waals surface area contributed by atoms with Crippen molar-refractivity contribution in [3.63, 3.8) is 0 Å². The number of hydrogen-bond acceptors (Lipinski definition) is 5. The Balaban J connectivity index is 2.20. The monoisotopic (exact) mass is 278 g/mol. The molecule has 19 heavy (non-hydrogen) atoms. The van der Waals surface area contributed by atoms with Gasteiger partial charge in [-0.2, -0.15) is 0 Å². The van der Waals surface area contributed by atoms with Gasteiger partial charge in [-0.1, -0.05) is 11.6 Å². The Morgan fingerprint density at radius 2 is 2.16 bits per heavy atom. The number of halogens is 1. The minimum atomic E-state index is -0.569. The third-order valence-corrected chi connectivity index (χ3v) is 2.52. The Kier molecular flexibility index (Phi) is 3.67. The van der Waals surface area contributed by atoms with Gasteiger partial charge >= 0.3 is 0 Å². The molecule has 0 radical (unpaired) electrons. The summed E-state index contributed by atoms with van der Waals surface area (Å²) in [6.45, 7) is 0. The molecule has 8 heteroatoms. The highest BCUT2D eigenvalue weighted by Gasteiger charge is 2.13. The van der Waals surface area contributed by atoms with Crippen LogP contribution in [0.4, 0.5) is 11.4 Å². The van der Waals surface area contributed by atoms with E-state index >= 15 is 0 Å². The van der Waals surface area contributed by atoms with Crippen LogP contribution in [0.1, 0.15) is 10.5 Å². The zero-order valence-electron chi connectivity index (χ0n) is 9.41. The minimum Gasteiger partial charge on any atom is -0.319 e. The van der Waals surface area contributed by atoms with Crippen LogP contribution in [0.15, 0.2) is 36.8 Å². The van der Waals surface area contributed by atoms with Crippen molar-refractivity contribution >= 4 is 28.9 Å². The third kappa shape index (κ3) is 3.02. The fraction of sp³-hybridized carbons (Fsp3) is 0. The maximum Gasteiger partial charge on any atom is 0.275 e. The average molecular weight is 279 g/mol. The van der Waals surface area contributed by atoms with Gasteiger partial charge in [0.2, 0.25) is 0 Å². The van der Waals surface area contributed by atoms with Crippen molar-refractivity contribution in [2.45, 2.75) is 0 Å². The normalized spacial score (nSPS) is 9.95. The number of non-ortho nitro benzene ring substituents is 1. The molecule has 96 valence electrons. The molecule has 1 heterocycles. The molecule has 0 fully saturated rings. The number of hydrogen-bond donors (Lipinski definition) is 1. The zero-order valence-corrected chi connectivity index (χ0v) is 10.2. The summed E-state index contributed by atoms with van der Waals surface area (Å²) >= 11 is 5.85. The lowest BCUT2D eigenvalue weighted by molar-refractivity contribution is -0.384. The standard InChI is InChI=1S/C11H7ClN4O3/c12-8-5-7(16(18)19)1-2-9(8)15-11(17)10-6-13-3-4-14-10/h1-6H,(H,15,17). The first-order valence-electron chi connectivity index (χ1n) is 5.09. The average Bonchev–Trinajstić information content (AvgIpc) is 2.41. The molecule has 2 aromatic rings. The highest BCUT2D eigenvalue weighted by atomic mass is 35.5. The predicted octanol–water partition coefficient (Wildman–Crippen LogP) is 2.29. The third-order valence-electron chi connectivity index (χ3n) is 2.21. The molecule has 2 rings (SSSR count). The molecular formula is C11H7ClN4O3. The highest BCUT2D eigenvalue weighted by molar-refractivity contribution is 6.34. The summed E-state index contributed by atoms with van der Waals surface area (Å²) < 4.78 is 0. The number of nitro groups is 1. The molecule has 1 aromatic heterocycles. The number of carbonyl (C=O) groups is 1. The minimum absolute atomic E-state index is 0.0754.